The quantitative estimate of drug-likeness (QED) is 0.223. The normalized spacial score (nSPS) is 17.8. The Bertz CT molecular complexity index is 987. The van der Waals surface area contributed by atoms with Crippen LogP contribution in [0.25, 0.3) is 0 Å². The van der Waals surface area contributed by atoms with Crippen LogP contribution in [0.5, 0.6) is 11.5 Å². The summed E-state index contributed by atoms with van der Waals surface area (Å²) in [4.78, 5) is 11.9. The van der Waals surface area contributed by atoms with Crippen LogP contribution in [0.15, 0.2) is 48.5 Å². The average molecular weight is 494 g/mol. The lowest BCUT2D eigenvalue weighted by Gasteiger charge is -2.29. The van der Waals surface area contributed by atoms with Gasteiger partial charge in [-0.1, -0.05) is 18.1 Å². The Morgan fingerprint density at radius 3 is 2.26 bits per heavy atom. The number of halogens is 3. The molecule has 1 aliphatic rings. The zero-order valence-corrected chi connectivity index (χ0v) is 19.0. The fraction of sp³-hybridized carbons (Fsp3) is 0.400. The van der Waals surface area contributed by atoms with Gasteiger partial charge in [-0.3, -0.25) is 0 Å². The van der Waals surface area contributed by atoms with E-state index in [9.17, 15) is 18.0 Å². The first-order chi connectivity index (χ1) is 16.8. The van der Waals surface area contributed by atoms with Gasteiger partial charge in [0.2, 0.25) is 0 Å². The Balaban J connectivity index is 1.43. The van der Waals surface area contributed by atoms with Crippen LogP contribution in [0.4, 0.5) is 13.2 Å². The fourth-order valence-corrected chi connectivity index (χ4v) is 3.09. The molecule has 1 saturated heterocycles. The predicted molar refractivity (Wildman–Crippen MR) is 118 cm³/mol. The molecular formula is C25H25F3O7. The van der Waals surface area contributed by atoms with Crippen molar-refractivity contribution in [3.8, 4) is 23.3 Å². The molecule has 1 fully saturated rings. The first-order valence-corrected chi connectivity index (χ1v) is 10.8. The number of hydrogen-bond donors (Lipinski definition) is 0. The van der Waals surface area contributed by atoms with Crippen molar-refractivity contribution >= 4 is 5.97 Å². The molecule has 0 radical (unpaired) electrons. The monoisotopic (exact) mass is 494 g/mol. The lowest BCUT2D eigenvalue weighted by Crippen LogP contribution is -2.28. The van der Waals surface area contributed by atoms with Crippen LogP contribution in [0, 0.1) is 17.8 Å². The fourth-order valence-electron chi connectivity index (χ4n) is 3.09. The van der Waals surface area contributed by atoms with Crippen LogP contribution >= 0.6 is 0 Å². The first kappa shape index (κ1) is 26.5. The highest BCUT2D eigenvalue weighted by molar-refractivity contribution is 5.90. The molecule has 7 nitrogen and oxygen atoms in total. The number of carbonyl (C=O) groups excluding carboxylic acids is 1. The van der Waals surface area contributed by atoms with Gasteiger partial charge in [0, 0.05) is 36.7 Å². The predicted octanol–water partition coefficient (Wildman–Crippen LogP) is 4.26. The number of alkyl halides is 3. The third-order valence-corrected chi connectivity index (χ3v) is 4.83. The van der Waals surface area contributed by atoms with Gasteiger partial charge in [-0.25, -0.2) is 4.79 Å². The van der Waals surface area contributed by atoms with E-state index in [2.05, 4.69) is 16.6 Å². The van der Waals surface area contributed by atoms with E-state index in [1.807, 2.05) is 0 Å². The van der Waals surface area contributed by atoms with E-state index in [0.717, 1.165) is 24.1 Å². The molecule has 0 spiro atoms. The van der Waals surface area contributed by atoms with E-state index >= 15 is 0 Å². The number of esters is 1. The van der Waals surface area contributed by atoms with Crippen molar-refractivity contribution in [3.63, 3.8) is 0 Å². The molecule has 0 amide bonds. The average Bonchev–Trinajstić information content (AvgIpc) is 2.84. The number of benzene rings is 2. The molecule has 0 aromatic heterocycles. The molecule has 1 heterocycles. The minimum atomic E-state index is -4.80. The molecular weight excluding hydrogens is 469 g/mol. The van der Waals surface area contributed by atoms with Crippen molar-refractivity contribution < 1.29 is 46.4 Å². The molecule has 10 heteroatoms. The van der Waals surface area contributed by atoms with Crippen molar-refractivity contribution in [3.05, 3.63) is 59.7 Å². The van der Waals surface area contributed by atoms with Crippen LogP contribution in [0.2, 0.25) is 0 Å². The summed E-state index contributed by atoms with van der Waals surface area (Å²) in [5.74, 6) is 4.05. The van der Waals surface area contributed by atoms with Gasteiger partial charge < -0.3 is 28.4 Å². The summed E-state index contributed by atoms with van der Waals surface area (Å²) in [6.45, 7) is 2.89. The van der Waals surface area contributed by atoms with Gasteiger partial charge in [0.1, 0.15) is 11.5 Å². The van der Waals surface area contributed by atoms with Crippen molar-refractivity contribution in [2.24, 2.45) is 5.92 Å². The maximum atomic E-state index is 12.2. The van der Waals surface area contributed by atoms with E-state index in [-0.39, 0.29) is 11.7 Å². The zero-order chi connectivity index (χ0) is 25.1. The lowest BCUT2D eigenvalue weighted by atomic mass is 10.1. The van der Waals surface area contributed by atoms with Gasteiger partial charge in [-0.15, -0.1) is 13.2 Å². The third-order valence-electron chi connectivity index (χ3n) is 4.83. The van der Waals surface area contributed by atoms with Crippen LogP contribution in [-0.2, 0) is 23.7 Å². The summed E-state index contributed by atoms with van der Waals surface area (Å²) >= 11 is 0. The molecule has 0 aliphatic carbocycles. The minimum Gasteiger partial charge on any atom is -0.417 e. The molecule has 0 bridgehead atoms. The van der Waals surface area contributed by atoms with Crippen molar-refractivity contribution in [1.82, 2.24) is 0 Å². The summed E-state index contributed by atoms with van der Waals surface area (Å²) in [5.41, 5.74) is 1.40. The topological polar surface area (TPSA) is 72.5 Å². The van der Waals surface area contributed by atoms with Crippen molar-refractivity contribution in [2.75, 3.05) is 40.1 Å². The number of hydrogen-bond acceptors (Lipinski definition) is 7. The summed E-state index contributed by atoms with van der Waals surface area (Å²) < 4.78 is 67.3. The van der Waals surface area contributed by atoms with E-state index in [1.54, 1.807) is 31.4 Å². The molecule has 0 unspecified atom stereocenters. The highest BCUT2D eigenvalue weighted by atomic mass is 19.4. The van der Waals surface area contributed by atoms with Crippen LogP contribution < -0.4 is 9.47 Å². The number of carbonyl (C=O) groups is 1. The van der Waals surface area contributed by atoms with Gasteiger partial charge >= 0.3 is 12.3 Å². The van der Waals surface area contributed by atoms with Gasteiger partial charge in [0.25, 0.3) is 0 Å². The van der Waals surface area contributed by atoms with Crippen LogP contribution in [0.3, 0.4) is 0 Å². The van der Waals surface area contributed by atoms with Gasteiger partial charge in [-0.2, -0.15) is 0 Å². The molecule has 0 saturated carbocycles. The highest BCUT2D eigenvalue weighted by Crippen LogP contribution is 2.27. The lowest BCUT2D eigenvalue weighted by molar-refractivity contribution is -0.274. The number of methoxy groups -OCH3 is 1. The molecule has 1 aliphatic heterocycles. The Morgan fingerprint density at radius 1 is 0.971 bits per heavy atom. The maximum absolute atomic E-state index is 12.2. The zero-order valence-electron chi connectivity index (χ0n) is 19.0. The van der Waals surface area contributed by atoms with Crippen molar-refractivity contribution in [2.45, 2.75) is 19.1 Å². The van der Waals surface area contributed by atoms with E-state index in [0.29, 0.717) is 38.6 Å². The Kier molecular flexibility index (Phi) is 9.93. The van der Waals surface area contributed by atoms with Gasteiger partial charge in [0.05, 0.1) is 26.4 Å². The summed E-state index contributed by atoms with van der Waals surface area (Å²) in [7, 11) is 1.63. The summed E-state index contributed by atoms with van der Waals surface area (Å²) in [6.07, 6.45) is -4.43. The maximum Gasteiger partial charge on any atom is 0.573 e. The third kappa shape index (κ3) is 9.58. The summed E-state index contributed by atoms with van der Waals surface area (Å²) in [6, 6.07) is 11.5. The summed E-state index contributed by atoms with van der Waals surface area (Å²) in [5, 5.41) is 0. The minimum absolute atomic E-state index is 0.0422. The van der Waals surface area contributed by atoms with Crippen molar-refractivity contribution in [1.29, 1.82) is 0 Å². The second-order valence-corrected chi connectivity index (χ2v) is 7.54. The van der Waals surface area contributed by atoms with Gasteiger partial charge in [-0.05, 0) is 42.8 Å². The second-order valence-electron chi connectivity index (χ2n) is 7.54. The second kappa shape index (κ2) is 13.1. The molecule has 0 N–H and O–H groups in total. The standard InChI is InChI=1S/C25H25F3O7/c1-30-14-15-31-13-12-19-16-32-24(33-17-19)20-5-2-18(3-6-20)4-11-23(29)34-21-7-9-22(10-8-21)35-25(26,27)28/h2-3,5-10,19,24H,12-17H2,1H3. The van der Waals surface area contributed by atoms with E-state index < -0.39 is 24.4 Å². The number of ether oxygens (including phenoxy) is 6. The molecule has 35 heavy (non-hydrogen) atoms. The first-order valence-electron chi connectivity index (χ1n) is 10.8. The van der Waals surface area contributed by atoms with Crippen LogP contribution in [-0.4, -0.2) is 52.5 Å². The molecule has 3 rings (SSSR count). The smallest absolute Gasteiger partial charge is 0.417 e. The van der Waals surface area contributed by atoms with Crippen LogP contribution in [0.1, 0.15) is 23.8 Å². The Hall–Kier alpha value is -3.10. The molecule has 2 aromatic rings. The van der Waals surface area contributed by atoms with E-state index in [1.165, 1.54) is 12.1 Å². The van der Waals surface area contributed by atoms with Gasteiger partial charge in [0.15, 0.2) is 6.29 Å². The molecule has 0 atom stereocenters. The molecule has 188 valence electrons. The Labute approximate surface area is 201 Å². The highest BCUT2D eigenvalue weighted by Gasteiger charge is 2.31. The number of rotatable bonds is 9. The largest absolute Gasteiger partial charge is 0.573 e. The molecule has 2 aromatic carbocycles. The van der Waals surface area contributed by atoms with E-state index in [4.69, 9.17) is 23.7 Å². The Morgan fingerprint density at radius 2 is 1.63 bits per heavy atom. The SMILES string of the molecule is COCCOCCC1COC(c2ccc(C#CC(=O)Oc3ccc(OC(F)(F)F)cc3)cc2)OC1.